The standard InChI is InChI=1S/C14H20FNO2/c15-13-5-3-12(4-6-13)14(17)9-16-7-8-18-10-11-1-2-11/h3-6,11,14,16-17H,1-2,7-10H2. The molecule has 4 heteroatoms. The van der Waals surface area contributed by atoms with E-state index in [9.17, 15) is 9.50 Å². The minimum absolute atomic E-state index is 0.285. The molecule has 2 N–H and O–H groups in total. The van der Waals surface area contributed by atoms with Gasteiger partial charge in [0.25, 0.3) is 0 Å². The number of halogens is 1. The van der Waals surface area contributed by atoms with Crippen LogP contribution >= 0.6 is 0 Å². The number of hydrogen-bond donors (Lipinski definition) is 2. The van der Waals surface area contributed by atoms with Crippen LogP contribution in [0.25, 0.3) is 0 Å². The number of ether oxygens (including phenoxy) is 1. The lowest BCUT2D eigenvalue weighted by molar-refractivity contribution is 0.119. The predicted octanol–water partition coefficient (Wildman–Crippen LogP) is 1.88. The Morgan fingerprint density at radius 1 is 1.33 bits per heavy atom. The second-order valence-electron chi connectivity index (χ2n) is 4.79. The van der Waals surface area contributed by atoms with Gasteiger partial charge in [0.15, 0.2) is 0 Å². The molecule has 0 heterocycles. The Morgan fingerprint density at radius 2 is 2.06 bits per heavy atom. The fourth-order valence-corrected chi connectivity index (χ4v) is 1.72. The van der Waals surface area contributed by atoms with E-state index >= 15 is 0 Å². The summed E-state index contributed by atoms with van der Waals surface area (Å²) >= 11 is 0. The molecular weight excluding hydrogens is 233 g/mol. The van der Waals surface area contributed by atoms with E-state index in [0.29, 0.717) is 13.2 Å². The maximum atomic E-state index is 12.7. The van der Waals surface area contributed by atoms with Crippen molar-refractivity contribution >= 4 is 0 Å². The molecular formula is C14H20FNO2. The van der Waals surface area contributed by atoms with E-state index in [1.54, 1.807) is 12.1 Å². The lowest BCUT2D eigenvalue weighted by Crippen LogP contribution is -2.25. The third kappa shape index (κ3) is 4.72. The summed E-state index contributed by atoms with van der Waals surface area (Å²) in [5.41, 5.74) is 0.725. The zero-order chi connectivity index (χ0) is 12.8. The van der Waals surface area contributed by atoms with Crippen molar-refractivity contribution in [1.82, 2.24) is 5.32 Å². The van der Waals surface area contributed by atoms with E-state index in [2.05, 4.69) is 5.32 Å². The van der Waals surface area contributed by atoms with E-state index in [1.165, 1.54) is 25.0 Å². The van der Waals surface area contributed by atoms with E-state index in [-0.39, 0.29) is 5.82 Å². The van der Waals surface area contributed by atoms with Gasteiger partial charge in [-0.3, -0.25) is 0 Å². The second-order valence-corrected chi connectivity index (χ2v) is 4.79. The Labute approximate surface area is 107 Å². The van der Waals surface area contributed by atoms with Crippen LogP contribution in [0.1, 0.15) is 24.5 Å². The topological polar surface area (TPSA) is 41.5 Å². The molecule has 2 rings (SSSR count). The molecule has 0 radical (unpaired) electrons. The van der Waals surface area contributed by atoms with Crippen molar-refractivity contribution in [1.29, 1.82) is 0 Å². The van der Waals surface area contributed by atoms with Gasteiger partial charge in [-0.05, 0) is 36.5 Å². The van der Waals surface area contributed by atoms with Crippen molar-refractivity contribution in [2.24, 2.45) is 5.92 Å². The van der Waals surface area contributed by atoms with Gasteiger partial charge >= 0.3 is 0 Å². The van der Waals surface area contributed by atoms with Crippen molar-refractivity contribution in [2.75, 3.05) is 26.3 Å². The fraction of sp³-hybridized carbons (Fsp3) is 0.571. The zero-order valence-corrected chi connectivity index (χ0v) is 10.4. The Morgan fingerprint density at radius 3 is 2.72 bits per heavy atom. The first-order valence-corrected chi connectivity index (χ1v) is 6.47. The zero-order valence-electron chi connectivity index (χ0n) is 10.4. The van der Waals surface area contributed by atoms with Crippen LogP contribution < -0.4 is 5.32 Å². The van der Waals surface area contributed by atoms with Crippen molar-refractivity contribution in [3.63, 3.8) is 0 Å². The highest BCUT2D eigenvalue weighted by Gasteiger charge is 2.20. The molecule has 100 valence electrons. The Balaban J connectivity index is 1.56. The molecule has 0 spiro atoms. The molecule has 0 aromatic heterocycles. The van der Waals surface area contributed by atoms with Gasteiger partial charge in [0.05, 0.1) is 12.7 Å². The lowest BCUT2D eigenvalue weighted by Gasteiger charge is -2.12. The maximum Gasteiger partial charge on any atom is 0.123 e. The summed E-state index contributed by atoms with van der Waals surface area (Å²) in [6.07, 6.45) is 2.00. The lowest BCUT2D eigenvalue weighted by atomic mass is 10.1. The van der Waals surface area contributed by atoms with Crippen LogP contribution in [0.4, 0.5) is 4.39 Å². The third-order valence-electron chi connectivity index (χ3n) is 3.07. The van der Waals surface area contributed by atoms with Crippen LogP contribution in [0.3, 0.4) is 0 Å². The van der Waals surface area contributed by atoms with Crippen LogP contribution in [0, 0.1) is 11.7 Å². The SMILES string of the molecule is OC(CNCCOCC1CC1)c1ccc(F)cc1. The number of rotatable bonds is 8. The molecule has 0 amide bonds. The number of benzene rings is 1. The normalized spacial score (nSPS) is 16.8. The Kier molecular flexibility index (Phi) is 5.11. The summed E-state index contributed by atoms with van der Waals surface area (Å²) in [6, 6.07) is 5.92. The number of aliphatic hydroxyl groups is 1. The van der Waals surface area contributed by atoms with Crippen molar-refractivity contribution in [3.8, 4) is 0 Å². The van der Waals surface area contributed by atoms with Crippen LogP contribution in [0.15, 0.2) is 24.3 Å². The maximum absolute atomic E-state index is 12.7. The van der Waals surface area contributed by atoms with E-state index in [4.69, 9.17) is 4.74 Å². The smallest absolute Gasteiger partial charge is 0.123 e. The van der Waals surface area contributed by atoms with Crippen LogP contribution in [0.5, 0.6) is 0 Å². The van der Waals surface area contributed by atoms with Crippen molar-refractivity contribution in [2.45, 2.75) is 18.9 Å². The molecule has 1 aromatic carbocycles. The van der Waals surface area contributed by atoms with Gasteiger partial charge in [-0.2, -0.15) is 0 Å². The van der Waals surface area contributed by atoms with Gasteiger partial charge in [0, 0.05) is 19.7 Å². The van der Waals surface area contributed by atoms with Crippen LogP contribution in [-0.4, -0.2) is 31.4 Å². The van der Waals surface area contributed by atoms with Gasteiger partial charge in [-0.1, -0.05) is 12.1 Å². The summed E-state index contributed by atoms with van der Waals surface area (Å²) in [5, 5.41) is 13.0. The number of aliphatic hydroxyl groups excluding tert-OH is 1. The molecule has 0 bridgehead atoms. The first-order chi connectivity index (χ1) is 8.75. The summed E-state index contributed by atoms with van der Waals surface area (Å²) in [6.45, 7) is 2.72. The molecule has 1 aliphatic rings. The van der Waals surface area contributed by atoms with E-state index < -0.39 is 6.10 Å². The highest BCUT2D eigenvalue weighted by atomic mass is 19.1. The van der Waals surface area contributed by atoms with Gasteiger partial charge in [-0.15, -0.1) is 0 Å². The van der Waals surface area contributed by atoms with Crippen LogP contribution in [-0.2, 0) is 4.74 Å². The summed E-state index contributed by atoms with van der Waals surface area (Å²) in [5.74, 6) is 0.502. The van der Waals surface area contributed by atoms with E-state index in [0.717, 1.165) is 24.6 Å². The van der Waals surface area contributed by atoms with Gasteiger partial charge in [0.1, 0.15) is 5.82 Å². The molecule has 3 nitrogen and oxygen atoms in total. The first kappa shape index (κ1) is 13.5. The highest BCUT2D eigenvalue weighted by molar-refractivity contribution is 5.18. The Bertz CT molecular complexity index is 351. The monoisotopic (exact) mass is 253 g/mol. The molecule has 0 aliphatic heterocycles. The predicted molar refractivity (Wildman–Crippen MR) is 67.8 cm³/mol. The van der Waals surface area contributed by atoms with E-state index in [1.807, 2.05) is 0 Å². The first-order valence-electron chi connectivity index (χ1n) is 6.47. The van der Waals surface area contributed by atoms with Gasteiger partial charge in [-0.25, -0.2) is 4.39 Å². The number of nitrogens with one attached hydrogen (secondary N) is 1. The highest BCUT2D eigenvalue weighted by Crippen LogP contribution is 2.28. The Hall–Kier alpha value is -0.970. The molecule has 1 fully saturated rings. The summed E-state index contributed by atoms with van der Waals surface area (Å²) < 4.78 is 18.2. The number of hydrogen-bond acceptors (Lipinski definition) is 3. The van der Waals surface area contributed by atoms with Crippen molar-refractivity contribution in [3.05, 3.63) is 35.6 Å². The van der Waals surface area contributed by atoms with Crippen molar-refractivity contribution < 1.29 is 14.2 Å². The second kappa shape index (κ2) is 6.83. The fourth-order valence-electron chi connectivity index (χ4n) is 1.72. The summed E-state index contributed by atoms with van der Waals surface area (Å²) in [4.78, 5) is 0. The summed E-state index contributed by atoms with van der Waals surface area (Å²) in [7, 11) is 0. The molecule has 1 aromatic rings. The molecule has 18 heavy (non-hydrogen) atoms. The molecule has 1 aliphatic carbocycles. The van der Waals surface area contributed by atoms with Crippen LogP contribution in [0.2, 0.25) is 0 Å². The third-order valence-corrected chi connectivity index (χ3v) is 3.07. The quantitative estimate of drug-likeness (QED) is 0.695. The van der Waals surface area contributed by atoms with Gasteiger partial charge < -0.3 is 15.2 Å². The molecule has 0 saturated heterocycles. The molecule has 1 atom stereocenters. The van der Waals surface area contributed by atoms with Gasteiger partial charge in [0.2, 0.25) is 0 Å². The average molecular weight is 253 g/mol. The minimum Gasteiger partial charge on any atom is -0.387 e. The molecule has 1 saturated carbocycles. The largest absolute Gasteiger partial charge is 0.387 e. The molecule has 1 unspecified atom stereocenters. The minimum atomic E-state index is -0.603. The average Bonchev–Trinajstić information content (AvgIpc) is 3.18.